The van der Waals surface area contributed by atoms with Gasteiger partial charge in [0.25, 0.3) is 5.91 Å². The average molecular weight is 284 g/mol. The van der Waals surface area contributed by atoms with Gasteiger partial charge in [-0.3, -0.25) is 4.79 Å². The summed E-state index contributed by atoms with van der Waals surface area (Å²) in [5.74, 6) is -0.121. The van der Waals surface area contributed by atoms with E-state index in [1.165, 1.54) is 6.42 Å². The molecule has 112 valence electrons. The zero-order valence-corrected chi connectivity index (χ0v) is 13.0. The molecule has 3 nitrogen and oxygen atoms in total. The highest BCUT2D eigenvalue weighted by Crippen LogP contribution is 2.26. The largest absolute Gasteiger partial charge is 0.334 e. The van der Waals surface area contributed by atoms with Crippen LogP contribution in [0.2, 0.25) is 0 Å². The highest BCUT2D eigenvalue weighted by Gasteiger charge is 2.32. The standard InChI is InChI=1S/C18H24N2O/c1-14-10-15(2)12-16(11-14)17(21)20-18(13-19)8-6-4-3-5-7-9-18/h10-12H,3-9H2,1-2H3,(H,20,21). The molecular formula is C18H24N2O. The van der Waals surface area contributed by atoms with Crippen LogP contribution in [0.5, 0.6) is 0 Å². The number of carbonyl (C=O) groups excluding carboxylic acids is 1. The first-order valence-electron chi connectivity index (χ1n) is 7.87. The van der Waals surface area contributed by atoms with Crippen molar-refractivity contribution >= 4 is 5.91 Å². The van der Waals surface area contributed by atoms with Gasteiger partial charge in [-0.1, -0.05) is 49.3 Å². The summed E-state index contributed by atoms with van der Waals surface area (Å²) in [6.45, 7) is 3.97. The summed E-state index contributed by atoms with van der Waals surface area (Å²) < 4.78 is 0. The maximum absolute atomic E-state index is 12.5. The predicted molar refractivity (Wildman–Crippen MR) is 84.0 cm³/mol. The third kappa shape index (κ3) is 4.07. The van der Waals surface area contributed by atoms with Crippen molar-refractivity contribution in [2.75, 3.05) is 0 Å². The van der Waals surface area contributed by atoms with Gasteiger partial charge in [-0.2, -0.15) is 5.26 Å². The molecule has 0 aromatic heterocycles. The normalized spacial score (nSPS) is 18.1. The van der Waals surface area contributed by atoms with E-state index in [-0.39, 0.29) is 5.91 Å². The second-order valence-electron chi connectivity index (χ2n) is 6.29. The van der Waals surface area contributed by atoms with E-state index in [4.69, 9.17) is 0 Å². The molecule has 0 spiro atoms. The lowest BCUT2D eigenvalue weighted by molar-refractivity contribution is 0.0907. The Morgan fingerprint density at radius 2 is 1.57 bits per heavy atom. The Labute approximate surface area is 127 Å². The fourth-order valence-corrected chi connectivity index (χ4v) is 3.17. The van der Waals surface area contributed by atoms with Crippen LogP contribution in [0, 0.1) is 25.2 Å². The number of carbonyl (C=O) groups is 1. The number of nitriles is 1. The molecule has 1 aliphatic rings. The van der Waals surface area contributed by atoms with Crippen LogP contribution in [-0.2, 0) is 0 Å². The number of rotatable bonds is 2. The summed E-state index contributed by atoms with van der Waals surface area (Å²) in [4.78, 5) is 12.5. The summed E-state index contributed by atoms with van der Waals surface area (Å²) in [6, 6.07) is 8.20. The Hall–Kier alpha value is -1.82. The molecule has 0 bridgehead atoms. The topological polar surface area (TPSA) is 52.9 Å². The van der Waals surface area contributed by atoms with E-state index in [0.29, 0.717) is 5.56 Å². The van der Waals surface area contributed by atoms with E-state index < -0.39 is 5.54 Å². The zero-order valence-electron chi connectivity index (χ0n) is 13.0. The minimum atomic E-state index is -0.685. The highest BCUT2D eigenvalue weighted by atomic mass is 16.1. The van der Waals surface area contributed by atoms with Gasteiger partial charge in [0, 0.05) is 5.56 Å². The van der Waals surface area contributed by atoms with E-state index in [0.717, 1.165) is 49.7 Å². The predicted octanol–water partition coefficient (Wildman–Crippen LogP) is 4.04. The molecule has 1 N–H and O–H groups in total. The fourth-order valence-electron chi connectivity index (χ4n) is 3.17. The molecule has 0 radical (unpaired) electrons. The van der Waals surface area contributed by atoms with Crippen LogP contribution in [0.3, 0.4) is 0 Å². The van der Waals surface area contributed by atoms with Gasteiger partial charge in [0.05, 0.1) is 6.07 Å². The molecule has 3 heteroatoms. The maximum Gasteiger partial charge on any atom is 0.252 e. The van der Waals surface area contributed by atoms with Gasteiger partial charge in [-0.25, -0.2) is 0 Å². The first-order chi connectivity index (χ1) is 10.0. The summed E-state index contributed by atoms with van der Waals surface area (Å²) in [6.07, 6.45) is 7.11. The van der Waals surface area contributed by atoms with Gasteiger partial charge in [0.15, 0.2) is 0 Å². The molecule has 1 saturated carbocycles. The van der Waals surface area contributed by atoms with E-state index in [1.807, 2.05) is 32.0 Å². The molecule has 0 aliphatic heterocycles. The van der Waals surface area contributed by atoms with Gasteiger partial charge in [-0.15, -0.1) is 0 Å². The van der Waals surface area contributed by atoms with E-state index >= 15 is 0 Å². The second-order valence-corrected chi connectivity index (χ2v) is 6.29. The van der Waals surface area contributed by atoms with Gasteiger partial charge in [-0.05, 0) is 38.8 Å². The van der Waals surface area contributed by atoms with E-state index in [1.54, 1.807) is 0 Å². The third-order valence-corrected chi connectivity index (χ3v) is 4.26. The quantitative estimate of drug-likeness (QED) is 0.891. The number of nitrogens with one attached hydrogen (secondary N) is 1. The van der Waals surface area contributed by atoms with Crippen molar-refractivity contribution in [2.24, 2.45) is 0 Å². The van der Waals surface area contributed by atoms with Gasteiger partial charge in [0.1, 0.15) is 5.54 Å². The summed E-state index contributed by atoms with van der Waals surface area (Å²) in [5, 5.41) is 12.6. The van der Waals surface area contributed by atoms with Crippen molar-refractivity contribution in [1.82, 2.24) is 5.32 Å². The first-order valence-corrected chi connectivity index (χ1v) is 7.87. The molecule has 1 fully saturated rings. The zero-order chi connectivity index (χ0) is 15.3. The number of hydrogen-bond acceptors (Lipinski definition) is 2. The lowest BCUT2D eigenvalue weighted by Gasteiger charge is -2.29. The van der Waals surface area contributed by atoms with Crippen molar-refractivity contribution in [3.05, 3.63) is 34.9 Å². The molecule has 0 atom stereocenters. The van der Waals surface area contributed by atoms with Crippen molar-refractivity contribution in [3.8, 4) is 6.07 Å². The Bertz CT molecular complexity index is 529. The van der Waals surface area contributed by atoms with Crippen LogP contribution in [0.15, 0.2) is 18.2 Å². The van der Waals surface area contributed by atoms with Crippen LogP contribution < -0.4 is 5.32 Å². The lowest BCUT2D eigenvalue weighted by atomic mass is 9.84. The minimum absolute atomic E-state index is 0.121. The Morgan fingerprint density at radius 3 is 2.10 bits per heavy atom. The highest BCUT2D eigenvalue weighted by molar-refractivity contribution is 5.95. The van der Waals surface area contributed by atoms with E-state index in [2.05, 4.69) is 11.4 Å². The molecule has 21 heavy (non-hydrogen) atoms. The van der Waals surface area contributed by atoms with Crippen molar-refractivity contribution in [3.63, 3.8) is 0 Å². The van der Waals surface area contributed by atoms with Gasteiger partial charge >= 0.3 is 0 Å². The third-order valence-electron chi connectivity index (χ3n) is 4.26. The Morgan fingerprint density at radius 1 is 1.05 bits per heavy atom. The Kier molecular flexibility index (Phi) is 5.01. The molecule has 1 aliphatic carbocycles. The molecule has 0 heterocycles. The van der Waals surface area contributed by atoms with Crippen LogP contribution in [0.1, 0.15) is 66.4 Å². The van der Waals surface area contributed by atoms with Crippen LogP contribution in [0.25, 0.3) is 0 Å². The first kappa shape index (κ1) is 15.6. The minimum Gasteiger partial charge on any atom is -0.334 e. The maximum atomic E-state index is 12.5. The summed E-state index contributed by atoms with van der Waals surface area (Å²) in [5.41, 5.74) is 2.12. The van der Waals surface area contributed by atoms with E-state index in [9.17, 15) is 10.1 Å². The van der Waals surface area contributed by atoms with Crippen molar-refractivity contribution in [1.29, 1.82) is 5.26 Å². The molecule has 0 saturated heterocycles. The van der Waals surface area contributed by atoms with Crippen LogP contribution >= 0.6 is 0 Å². The number of aryl methyl sites for hydroxylation is 2. The molecular weight excluding hydrogens is 260 g/mol. The number of amides is 1. The smallest absolute Gasteiger partial charge is 0.252 e. The van der Waals surface area contributed by atoms with Gasteiger partial charge < -0.3 is 5.32 Å². The van der Waals surface area contributed by atoms with Crippen molar-refractivity contribution < 1.29 is 4.79 Å². The number of benzene rings is 1. The Balaban J connectivity index is 2.16. The molecule has 1 amide bonds. The second kappa shape index (κ2) is 6.76. The number of hydrogen-bond donors (Lipinski definition) is 1. The van der Waals surface area contributed by atoms with Crippen molar-refractivity contribution in [2.45, 2.75) is 64.3 Å². The van der Waals surface area contributed by atoms with Gasteiger partial charge in [0.2, 0.25) is 0 Å². The van der Waals surface area contributed by atoms with Crippen LogP contribution in [0.4, 0.5) is 0 Å². The monoisotopic (exact) mass is 284 g/mol. The van der Waals surface area contributed by atoms with Crippen LogP contribution in [-0.4, -0.2) is 11.4 Å². The number of nitrogens with zero attached hydrogens (tertiary/aromatic N) is 1. The molecule has 0 unspecified atom stereocenters. The SMILES string of the molecule is Cc1cc(C)cc(C(=O)NC2(C#N)CCCCCCC2)c1. The summed E-state index contributed by atoms with van der Waals surface area (Å²) >= 11 is 0. The summed E-state index contributed by atoms with van der Waals surface area (Å²) in [7, 11) is 0. The molecule has 1 aromatic carbocycles. The fraction of sp³-hybridized carbons (Fsp3) is 0.556. The average Bonchev–Trinajstić information content (AvgIpc) is 2.41. The molecule has 2 rings (SSSR count). The molecule has 1 aromatic rings. The lowest BCUT2D eigenvalue weighted by Crippen LogP contribution is -2.47.